The monoisotopic (exact) mass is 254 g/mol. The van der Waals surface area contributed by atoms with Crippen molar-refractivity contribution in [3.63, 3.8) is 0 Å². The van der Waals surface area contributed by atoms with E-state index in [2.05, 4.69) is 10.6 Å². The first-order valence-corrected chi connectivity index (χ1v) is 5.84. The maximum Gasteiger partial charge on any atom is 0.319 e. The van der Waals surface area contributed by atoms with Gasteiger partial charge in [0.2, 0.25) is 0 Å². The van der Waals surface area contributed by atoms with Crippen molar-refractivity contribution in [1.29, 1.82) is 0 Å². The van der Waals surface area contributed by atoms with E-state index in [9.17, 15) is 9.18 Å². The summed E-state index contributed by atoms with van der Waals surface area (Å²) in [5.74, 6) is -0.395. The molecule has 0 saturated heterocycles. The number of aliphatic hydroxyl groups excluding tert-OH is 1. The van der Waals surface area contributed by atoms with Crippen LogP contribution in [-0.2, 0) is 0 Å². The zero-order chi connectivity index (χ0) is 13.6. The molecule has 0 heterocycles. The van der Waals surface area contributed by atoms with Crippen molar-refractivity contribution in [3.05, 3.63) is 30.1 Å². The molecular formula is C13H19FN2O2. The van der Waals surface area contributed by atoms with Crippen LogP contribution in [0.15, 0.2) is 24.3 Å². The fraction of sp³-hybridized carbons (Fsp3) is 0.462. The summed E-state index contributed by atoms with van der Waals surface area (Å²) in [6.45, 7) is 4.42. The molecule has 3 N–H and O–H groups in total. The quantitative estimate of drug-likeness (QED) is 0.755. The zero-order valence-electron chi connectivity index (χ0n) is 10.7. The third-order valence-electron chi connectivity index (χ3n) is 2.60. The number of halogens is 1. The first-order valence-electron chi connectivity index (χ1n) is 5.84. The Kier molecular flexibility index (Phi) is 5.09. The third-order valence-corrected chi connectivity index (χ3v) is 2.60. The van der Waals surface area contributed by atoms with Gasteiger partial charge in [0.1, 0.15) is 5.82 Å². The van der Waals surface area contributed by atoms with Gasteiger partial charge in [0.05, 0.1) is 0 Å². The number of hydrogen-bond donors (Lipinski definition) is 3. The van der Waals surface area contributed by atoms with E-state index in [1.54, 1.807) is 6.07 Å². The van der Waals surface area contributed by atoms with E-state index in [1.165, 1.54) is 18.2 Å². The predicted octanol–water partition coefficient (Wildman–Crippen LogP) is 2.36. The van der Waals surface area contributed by atoms with Crippen molar-refractivity contribution in [2.24, 2.45) is 5.41 Å². The molecule has 1 aromatic rings. The maximum atomic E-state index is 12.9. The smallest absolute Gasteiger partial charge is 0.319 e. The number of hydrogen-bond acceptors (Lipinski definition) is 2. The predicted molar refractivity (Wildman–Crippen MR) is 68.9 cm³/mol. The largest absolute Gasteiger partial charge is 0.396 e. The van der Waals surface area contributed by atoms with Gasteiger partial charge in [0, 0.05) is 18.8 Å². The molecule has 0 aliphatic rings. The summed E-state index contributed by atoms with van der Waals surface area (Å²) in [4.78, 5) is 11.6. The summed E-state index contributed by atoms with van der Waals surface area (Å²) < 4.78 is 12.9. The zero-order valence-corrected chi connectivity index (χ0v) is 10.7. The number of carbonyl (C=O) groups excluding carboxylic acids is 1. The highest BCUT2D eigenvalue weighted by atomic mass is 19.1. The van der Waals surface area contributed by atoms with Crippen LogP contribution < -0.4 is 10.6 Å². The van der Waals surface area contributed by atoms with Gasteiger partial charge < -0.3 is 15.7 Å². The first kappa shape index (κ1) is 14.4. The molecule has 0 atom stereocenters. The summed E-state index contributed by atoms with van der Waals surface area (Å²) in [5, 5.41) is 14.1. The molecule has 18 heavy (non-hydrogen) atoms. The average molecular weight is 254 g/mol. The van der Waals surface area contributed by atoms with Crippen LogP contribution in [-0.4, -0.2) is 24.3 Å². The normalized spacial score (nSPS) is 11.1. The Bertz CT molecular complexity index is 408. The van der Waals surface area contributed by atoms with E-state index in [-0.39, 0.29) is 18.1 Å². The number of anilines is 1. The number of nitrogens with one attached hydrogen (secondary N) is 2. The van der Waals surface area contributed by atoms with Gasteiger partial charge >= 0.3 is 6.03 Å². The molecule has 1 aromatic carbocycles. The van der Waals surface area contributed by atoms with Gasteiger partial charge in [0.15, 0.2) is 0 Å². The maximum absolute atomic E-state index is 12.9. The summed E-state index contributed by atoms with van der Waals surface area (Å²) >= 11 is 0. The Morgan fingerprint density at radius 1 is 1.44 bits per heavy atom. The van der Waals surface area contributed by atoms with Crippen molar-refractivity contribution >= 4 is 11.7 Å². The number of carbonyl (C=O) groups is 1. The molecule has 4 nitrogen and oxygen atoms in total. The van der Waals surface area contributed by atoms with Crippen LogP contribution in [0.2, 0.25) is 0 Å². The third kappa shape index (κ3) is 5.14. The fourth-order valence-corrected chi connectivity index (χ4v) is 1.45. The Balaban J connectivity index is 2.43. The van der Waals surface area contributed by atoms with Gasteiger partial charge in [-0.3, -0.25) is 0 Å². The van der Waals surface area contributed by atoms with E-state index in [4.69, 9.17) is 5.11 Å². The second-order valence-corrected chi connectivity index (χ2v) is 4.96. The molecule has 0 aromatic heterocycles. The van der Waals surface area contributed by atoms with E-state index in [1.807, 2.05) is 13.8 Å². The number of amides is 2. The van der Waals surface area contributed by atoms with Crippen molar-refractivity contribution < 1.29 is 14.3 Å². The molecule has 5 heteroatoms. The standard InChI is InChI=1S/C13H19FN2O2/c1-13(2,6-7-17)9-15-12(18)16-11-5-3-4-10(14)8-11/h3-5,8,17H,6-7,9H2,1-2H3,(H2,15,16,18). The van der Waals surface area contributed by atoms with Crippen LogP contribution >= 0.6 is 0 Å². The van der Waals surface area contributed by atoms with Crippen molar-refractivity contribution in [1.82, 2.24) is 5.32 Å². The molecule has 0 saturated carbocycles. The van der Waals surface area contributed by atoms with E-state index >= 15 is 0 Å². The lowest BCUT2D eigenvalue weighted by Gasteiger charge is -2.23. The van der Waals surface area contributed by atoms with Gasteiger partial charge in [-0.25, -0.2) is 9.18 Å². The van der Waals surface area contributed by atoms with Crippen molar-refractivity contribution in [2.75, 3.05) is 18.5 Å². The molecule has 1 rings (SSSR count). The van der Waals surface area contributed by atoms with Crippen LogP contribution in [0.3, 0.4) is 0 Å². The highest BCUT2D eigenvalue weighted by molar-refractivity contribution is 5.89. The summed E-state index contributed by atoms with van der Waals surface area (Å²) in [6.07, 6.45) is 0.604. The van der Waals surface area contributed by atoms with Gasteiger partial charge in [0.25, 0.3) is 0 Å². The number of urea groups is 1. The van der Waals surface area contributed by atoms with Crippen LogP contribution in [0, 0.1) is 11.2 Å². The Morgan fingerprint density at radius 3 is 2.78 bits per heavy atom. The van der Waals surface area contributed by atoms with Crippen LogP contribution in [0.4, 0.5) is 14.9 Å². The minimum Gasteiger partial charge on any atom is -0.396 e. The number of rotatable bonds is 5. The van der Waals surface area contributed by atoms with Crippen molar-refractivity contribution in [2.45, 2.75) is 20.3 Å². The lowest BCUT2D eigenvalue weighted by molar-refractivity contribution is 0.204. The summed E-state index contributed by atoms with van der Waals surface area (Å²) in [6, 6.07) is 5.32. The lowest BCUT2D eigenvalue weighted by Crippen LogP contribution is -2.37. The second-order valence-electron chi connectivity index (χ2n) is 4.96. The molecule has 0 aliphatic carbocycles. The highest BCUT2D eigenvalue weighted by Gasteiger charge is 2.17. The van der Waals surface area contributed by atoms with Gasteiger partial charge in [-0.2, -0.15) is 0 Å². The molecule has 2 amide bonds. The molecule has 0 radical (unpaired) electrons. The van der Waals surface area contributed by atoms with Gasteiger partial charge in [-0.05, 0) is 30.0 Å². The summed E-state index contributed by atoms with van der Waals surface area (Å²) in [5.41, 5.74) is 0.237. The Morgan fingerprint density at radius 2 is 2.17 bits per heavy atom. The highest BCUT2D eigenvalue weighted by Crippen LogP contribution is 2.18. The number of aliphatic hydroxyl groups is 1. The summed E-state index contributed by atoms with van der Waals surface area (Å²) in [7, 11) is 0. The first-order chi connectivity index (χ1) is 8.43. The van der Waals surface area contributed by atoms with E-state index < -0.39 is 5.82 Å². The molecule has 0 aliphatic heterocycles. The molecule has 100 valence electrons. The minimum absolute atomic E-state index is 0.0835. The van der Waals surface area contributed by atoms with Crippen LogP contribution in [0.25, 0.3) is 0 Å². The van der Waals surface area contributed by atoms with Gasteiger partial charge in [-0.1, -0.05) is 19.9 Å². The molecule has 0 spiro atoms. The topological polar surface area (TPSA) is 61.4 Å². The second kappa shape index (κ2) is 6.35. The fourth-order valence-electron chi connectivity index (χ4n) is 1.45. The SMILES string of the molecule is CC(C)(CCO)CNC(=O)Nc1cccc(F)c1. The van der Waals surface area contributed by atoms with Crippen LogP contribution in [0.1, 0.15) is 20.3 Å². The lowest BCUT2D eigenvalue weighted by atomic mass is 9.90. The van der Waals surface area contributed by atoms with E-state index in [0.29, 0.717) is 18.7 Å². The van der Waals surface area contributed by atoms with Gasteiger partial charge in [-0.15, -0.1) is 0 Å². The minimum atomic E-state index is -0.395. The molecule has 0 bridgehead atoms. The molecule has 0 fully saturated rings. The number of benzene rings is 1. The van der Waals surface area contributed by atoms with E-state index in [0.717, 1.165) is 0 Å². The Labute approximate surface area is 106 Å². The average Bonchev–Trinajstić information content (AvgIpc) is 2.26. The van der Waals surface area contributed by atoms with Crippen LogP contribution in [0.5, 0.6) is 0 Å². The molecular weight excluding hydrogens is 235 g/mol. The molecule has 0 unspecified atom stereocenters. The Hall–Kier alpha value is -1.62. The van der Waals surface area contributed by atoms with Crippen molar-refractivity contribution in [3.8, 4) is 0 Å².